The molecule has 0 saturated carbocycles. The summed E-state index contributed by atoms with van der Waals surface area (Å²) in [6, 6.07) is 4.28. The van der Waals surface area contributed by atoms with Crippen LogP contribution in [0.3, 0.4) is 0 Å². The minimum Gasteiger partial charge on any atom is -0.399 e. The zero-order chi connectivity index (χ0) is 16.0. The first-order valence-electron chi connectivity index (χ1n) is 6.60. The lowest BCUT2D eigenvalue weighted by Gasteiger charge is -2.12. The molecule has 118 valence electrons. The summed E-state index contributed by atoms with van der Waals surface area (Å²) in [5, 5.41) is 2.84. The number of nitrogen functional groups attached to an aromatic ring is 1. The van der Waals surface area contributed by atoms with Crippen molar-refractivity contribution in [3.63, 3.8) is 0 Å². The summed E-state index contributed by atoms with van der Waals surface area (Å²) in [5.74, 6) is -0.203. The van der Waals surface area contributed by atoms with Crippen molar-refractivity contribution >= 4 is 33.2 Å². The lowest BCUT2D eigenvalue weighted by atomic mass is 10.2. The first-order chi connectivity index (χ1) is 9.76. The van der Waals surface area contributed by atoms with E-state index in [1.165, 1.54) is 18.2 Å². The molecule has 0 fully saturated rings. The number of rotatable bonds is 7. The second kappa shape index (κ2) is 7.63. The monoisotopic (exact) mass is 333 g/mol. The third-order valence-corrected chi connectivity index (χ3v) is 4.85. The fourth-order valence-electron chi connectivity index (χ4n) is 1.55. The second-order valence-corrected chi connectivity index (χ2v) is 6.86. The SMILES string of the molecule is CCC(C)NC(=O)CCNS(=O)(=O)c1cc(N)ccc1Cl. The minimum atomic E-state index is -3.79. The highest BCUT2D eigenvalue weighted by molar-refractivity contribution is 7.89. The highest BCUT2D eigenvalue weighted by Gasteiger charge is 2.18. The number of nitrogens with one attached hydrogen (secondary N) is 2. The van der Waals surface area contributed by atoms with Crippen LogP contribution in [0.5, 0.6) is 0 Å². The highest BCUT2D eigenvalue weighted by atomic mass is 35.5. The van der Waals surface area contributed by atoms with Crippen LogP contribution in [-0.4, -0.2) is 26.9 Å². The van der Waals surface area contributed by atoms with E-state index in [1.54, 1.807) is 0 Å². The molecule has 0 aliphatic heterocycles. The van der Waals surface area contributed by atoms with E-state index in [9.17, 15) is 13.2 Å². The number of nitrogens with two attached hydrogens (primary N) is 1. The number of carbonyl (C=O) groups is 1. The largest absolute Gasteiger partial charge is 0.399 e. The number of hydrogen-bond donors (Lipinski definition) is 3. The van der Waals surface area contributed by atoms with Gasteiger partial charge in [0, 0.05) is 24.7 Å². The average Bonchev–Trinajstić information content (AvgIpc) is 2.40. The van der Waals surface area contributed by atoms with Gasteiger partial charge in [-0.2, -0.15) is 0 Å². The number of hydrogen-bond acceptors (Lipinski definition) is 4. The van der Waals surface area contributed by atoms with Crippen molar-refractivity contribution in [2.45, 2.75) is 37.6 Å². The topological polar surface area (TPSA) is 101 Å². The van der Waals surface area contributed by atoms with Crippen LogP contribution in [-0.2, 0) is 14.8 Å². The maximum absolute atomic E-state index is 12.1. The van der Waals surface area contributed by atoms with Crippen LogP contribution in [0.2, 0.25) is 5.02 Å². The van der Waals surface area contributed by atoms with E-state index in [1.807, 2.05) is 13.8 Å². The molecular formula is C13H20ClN3O3S. The van der Waals surface area contributed by atoms with Gasteiger partial charge in [-0.15, -0.1) is 0 Å². The number of anilines is 1. The summed E-state index contributed by atoms with van der Waals surface area (Å²) in [4.78, 5) is 11.5. The summed E-state index contributed by atoms with van der Waals surface area (Å²) in [6.07, 6.45) is 0.875. The second-order valence-electron chi connectivity index (χ2n) is 4.71. The van der Waals surface area contributed by atoms with E-state index in [4.69, 9.17) is 17.3 Å². The van der Waals surface area contributed by atoms with Gasteiger partial charge in [-0.1, -0.05) is 18.5 Å². The molecule has 6 nitrogen and oxygen atoms in total. The Balaban J connectivity index is 2.62. The van der Waals surface area contributed by atoms with Gasteiger partial charge < -0.3 is 11.1 Å². The summed E-state index contributed by atoms with van der Waals surface area (Å²) in [6.45, 7) is 3.83. The molecule has 0 saturated heterocycles. The van der Waals surface area contributed by atoms with Crippen molar-refractivity contribution in [3.8, 4) is 0 Å². The molecule has 1 aromatic carbocycles. The molecule has 0 radical (unpaired) electrons. The molecule has 21 heavy (non-hydrogen) atoms. The summed E-state index contributed by atoms with van der Waals surface area (Å²) in [5.41, 5.74) is 5.86. The van der Waals surface area contributed by atoms with Gasteiger partial charge in [-0.3, -0.25) is 4.79 Å². The lowest BCUT2D eigenvalue weighted by molar-refractivity contribution is -0.121. The van der Waals surface area contributed by atoms with Gasteiger partial charge in [0.15, 0.2) is 0 Å². The van der Waals surface area contributed by atoms with Crippen LogP contribution in [0.4, 0.5) is 5.69 Å². The number of carbonyl (C=O) groups excluding carboxylic acids is 1. The molecule has 0 aromatic heterocycles. The third kappa shape index (κ3) is 5.53. The zero-order valence-corrected chi connectivity index (χ0v) is 13.6. The van der Waals surface area contributed by atoms with E-state index >= 15 is 0 Å². The molecule has 1 unspecified atom stereocenters. The van der Waals surface area contributed by atoms with Crippen LogP contribution >= 0.6 is 11.6 Å². The van der Waals surface area contributed by atoms with Crippen molar-refractivity contribution in [2.75, 3.05) is 12.3 Å². The Morgan fingerprint density at radius 2 is 2.10 bits per heavy atom. The van der Waals surface area contributed by atoms with Crippen molar-refractivity contribution in [2.24, 2.45) is 0 Å². The van der Waals surface area contributed by atoms with Gasteiger partial charge >= 0.3 is 0 Å². The Kier molecular flexibility index (Phi) is 6.44. The van der Waals surface area contributed by atoms with Crippen LogP contribution in [0.1, 0.15) is 26.7 Å². The number of amides is 1. The average molecular weight is 334 g/mol. The van der Waals surface area contributed by atoms with E-state index in [2.05, 4.69) is 10.0 Å². The third-order valence-electron chi connectivity index (χ3n) is 2.91. The molecule has 0 heterocycles. The van der Waals surface area contributed by atoms with Gasteiger partial charge in [0.1, 0.15) is 4.90 Å². The zero-order valence-electron chi connectivity index (χ0n) is 12.0. The standard InChI is InChI=1S/C13H20ClN3O3S/c1-3-9(2)17-13(18)6-7-16-21(19,20)12-8-10(15)4-5-11(12)14/h4-5,8-9,16H,3,6-7,15H2,1-2H3,(H,17,18). The molecule has 0 aliphatic carbocycles. The molecule has 4 N–H and O–H groups in total. The summed E-state index contributed by atoms with van der Waals surface area (Å²) < 4.78 is 26.5. The first kappa shape index (κ1) is 17.7. The molecule has 1 atom stereocenters. The molecule has 1 amide bonds. The number of sulfonamides is 1. The first-order valence-corrected chi connectivity index (χ1v) is 8.46. The Morgan fingerprint density at radius 1 is 1.43 bits per heavy atom. The van der Waals surface area contributed by atoms with Gasteiger partial charge in [0.2, 0.25) is 15.9 Å². The van der Waals surface area contributed by atoms with Crippen LogP contribution in [0, 0.1) is 0 Å². The molecule has 1 rings (SSSR count). The normalized spacial score (nSPS) is 12.9. The molecule has 1 aromatic rings. The molecule has 0 aliphatic rings. The maximum Gasteiger partial charge on any atom is 0.242 e. The Morgan fingerprint density at radius 3 is 2.71 bits per heavy atom. The van der Waals surface area contributed by atoms with E-state index in [0.717, 1.165) is 6.42 Å². The van der Waals surface area contributed by atoms with Gasteiger partial charge in [-0.05, 0) is 31.5 Å². The minimum absolute atomic E-state index is 0.00424. The predicted molar refractivity (Wildman–Crippen MR) is 83.6 cm³/mol. The van der Waals surface area contributed by atoms with Gasteiger partial charge in [0.25, 0.3) is 0 Å². The Labute approximate surface area is 130 Å². The van der Waals surface area contributed by atoms with Crippen LogP contribution < -0.4 is 15.8 Å². The Bertz CT molecular complexity index is 605. The quantitative estimate of drug-likeness (QED) is 0.658. The van der Waals surface area contributed by atoms with Crippen molar-refractivity contribution in [1.82, 2.24) is 10.0 Å². The highest BCUT2D eigenvalue weighted by Crippen LogP contribution is 2.23. The molecule has 0 bridgehead atoms. The van der Waals surface area contributed by atoms with E-state index < -0.39 is 10.0 Å². The van der Waals surface area contributed by atoms with Crippen molar-refractivity contribution in [3.05, 3.63) is 23.2 Å². The Hall–Kier alpha value is -1.31. The number of halogens is 1. The smallest absolute Gasteiger partial charge is 0.242 e. The van der Waals surface area contributed by atoms with E-state index in [-0.39, 0.29) is 34.8 Å². The molecule has 0 spiro atoms. The van der Waals surface area contributed by atoms with E-state index in [0.29, 0.717) is 5.69 Å². The van der Waals surface area contributed by atoms with Crippen molar-refractivity contribution in [1.29, 1.82) is 0 Å². The summed E-state index contributed by atoms with van der Waals surface area (Å²) >= 11 is 5.86. The van der Waals surface area contributed by atoms with Crippen molar-refractivity contribution < 1.29 is 13.2 Å². The summed E-state index contributed by atoms with van der Waals surface area (Å²) in [7, 11) is -3.79. The fourth-order valence-corrected chi connectivity index (χ4v) is 3.12. The van der Waals surface area contributed by atoms with Crippen LogP contribution in [0.25, 0.3) is 0 Å². The number of benzene rings is 1. The van der Waals surface area contributed by atoms with Crippen LogP contribution in [0.15, 0.2) is 23.1 Å². The predicted octanol–water partition coefficient (Wildman–Crippen LogP) is 1.51. The molecular weight excluding hydrogens is 314 g/mol. The fraction of sp³-hybridized carbons (Fsp3) is 0.462. The maximum atomic E-state index is 12.1. The van der Waals surface area contributed by atoms with Gasteiger partial charge in [0.05, 0.1) is 5.02 Å². The van der Waals surface area contributed by atoms with Gasteiger partial charge in [-0.25, -0.2) is 13.1 Å². The molecule has 8 heteroatoms. The lowest BCUT2D eigenvalue weighted by Crippen LogP contribution is -2.35.